The van der Waals surface area contributed by atoms with Crippen LogP contribution in [0.1, 0.15) is 40.0 Å². The van der Waals surface area contributed by atoms with E-state index in [1.807, 2.05) is 25.2 Å². The largest absolute Gasteiger partial charge is 0.299 e. The summed E-state index contributed by atoms with van der Waals surface area (Å²) in [5, 5.41) is 0. The van der Waals surface area contributed by atoms with Crippen LogP contribution in [0.4, 0.5) is 0 Å². The Morgan fingerprint density at radius 3 is 2.73 bits per heavy atom. The molecule has 0 aliphatic heterocycles. The molecular formula is C14H22O. The molecule has 0 amide bonds. The molecule has 0 radical (unpaired) electrons. The summed E-state index contributed by atoms with van der Waals surface area (Å²) in [6.45, 7) is 5.62. The minimum atomic E-state index is 0. The second-order valence-corrected chi connectivity index (χ2v) is 3.65. The van der Waals surface area contributed by atoms with Crippen molar-refractivity contribution in [3.05, 3.63) is 36.5 Å². The van der Waals surface area contributed by atoms with Crippen LogP contribution in [0, 0.1) is 5.92 Å². The minimum Gasteiger partial charge on any atom is -0.299 e. The van der Waals surface area contributed by atoms with Crippen LogP contribution in [0.3, 0.4) is 0 Å². The maximum Gasteiger partial charge on any atom is 0.140 e. The second kappa shape index (κ2) is 7.22. The molecule has 0 spiro atoms. The third-order valence-corrected chi connectivity index (χ3v) is 2.72. The number of Topliss-reactive ketones (excluding diaryl/α,β-unsaturated/α-hetero) is 1. The molecule has 0 heterocycles. The molecular weight excluding hydrogens is 184 g/mol. The van der Waals surface area contributed by atoms with E-state index >= 15 is 0 Å². The van der Waals surface area contributed by atoms with Crippen LogP contribution in [0.2, 0.25) is 0 Å². The second-order valence-electron chi connectivity index (χ2n) is 3.65. The van der Waals surface area contributed by atoms with Gasteiger partial charge in [-0.25, -0.2) is 0 Å². The summed E-state index contributed by atoms with van der Waals surface area (Å²) in [6.07, 6.45) is 11.7. The van der Waals surface area contributed by atoms with Crippen LogP contribution >= 0.6 is 0 Å². The van der Waals surface area contributed by atoms with E-state index in [0.717, 1.165) is 24.8 Å². The van der Waals surface area contributed by atoms with Crippen molar-refractivity contribution in [1.82, 2.24) is 0 Å². The van der Waals surface area contributed by atoms with Crippen molar-refractivity contribution in [1.29, 1.82) is 0 Å². The lowest BCUT2D eigenvalue weighted by Gasteiger charge is -2.21. The van der Waals surface area contributed by atoms with Crippen LogP contribution in [-0.4, -0.2) is 5.78 Å². The fourth-order valence-corrected chi connectivity index (χ4v) is 1.93. The highest BCUT2D eigenvalue weighted by atomic mass is 16.1. The Morgan fingerprint density at radius 1 is 1.47 bits per heavy atom. The molecule has 0 bridgehead atoms. The van der Waals surface area contributed by atoms with Gasteiger partial charge >= 0.3 is 0 Å². The van der Waals surface area contributed by atoms with Crippen molar-refractivity contribution in [2.45, 2.75) is 40.0 Å². The molecule has 0 saturated heterocycles. The van der Waals surface area contributed by atoms with E-state index in [2.05, 4.69) is 6.58 Å². The zero-order valence-corrected chi connectivity index (χ0v) is 8.83. The van der Waals surface area contributed by atoms with Gasteiger partial charge in [-0.2, -0.15) is 0 Å². The van der Waals surface area contributed by atoms with E-state index in [1.165, 1.54) is 6.42 Å². The molecule has 15 heavy (non-hydrogen) atoms. The summed E-state index contributed by atoms with van der Waals surface area (Å²) in [5.74, 6) is 0.544. The average molecular weight is 206 g/mol. The highest BCUT2D eigenvalue weighted by molar-refractivity contribution is 5.85. The summed E-state index contributed by atoms with van der Waals surface area (Å²) in [6, 6.07) is 0. The van der Waals surface area contributed by atoms with E-state index in [-0.39, 0.29) is 13.3 Å². The van der Waals surface area contributed by atoms with Gasteiger partial charge in [0.1, 0.15) is 5.78 Å². The first-order valence-electron chi connectivity index (χ1n) is 5.27. The highest BCUT2D eigenvalue weighted by Gasteiger charge is 2.23. The fraction of sp³-hybridized carbons (Fsp3) is 0.500. The highest BCUT2D eigenvalue weighted by Crippen LogP contribution is 2.27. The topological polar surface area (TPSA) is 17.1 Å². The number of carbonyl (C=O) groups is 1. The van der Waals surface area contributed by atoms with Gasteiger partial charge in [0, 0.05) is 12.3 Å². The van der Waals surface area contributed by atoms with E-state index in [4.69, 9.17) is 0 Å². The minimum absolute atomic E-state index is 0. The molecule has 1 saturated carbocycles. The first kappa shape index (κ1) is 13.9. The summed E-state index contributed by atoms with van der Waals surface area (Å²) in [7, 11) is 0. The van der Waals surface area contributed by atoms with Gasteiger partial charge in [-0.05, 0) is 25.3 Å². The predicted molar refractivity (Wildman–Crippen MR) is 66.8 cm³/mol. The summed E-state index contributed by atoms with van der Waals surface area (Å²) in [5.41, 5.74) is 1.15. The van der Waals surface area contributed by atoms with E-state index in [0.29, 0.717) is 5.78 Å². The lowest BCUT2D eigenvalue weighted by atomic mass is 9.82. The third-order valence-electron chi connectivity index (χ3n) is 2.72. The van der Waals surface area contributed by atoms with Gasteiger partial charge in [0.25, 0.3) is 0 Å². The molecule has 1 fully saturated rings. The number of hydrogen-bond donors (Lipinski definition) is 0. The molecule has 84 valence electrons. The summed E-state index contributed by atoms with van der Waals surface area (Å²) >= 11 is 0. The summed E-state index contributed by atoms with van der Waals surface area (Å²) in [4.78, 5) is 11.7. The lowest BCUT2D eigenvalue weighted by Crippen LogP contribution is -2.20. The monoisotopic (exact) mass is 206 g/mol. The number of carbonyl (C=O) groups excluding carboxylic acids is 1. The Kier molecular flexibility index (Phi) is 6.68. The molecule has 1 nitrogen and oxygen atoms in total. The Bertz CT molecular complexity index is 271. The standard InChI is InChI=1S/C13H18O.CH4/c1-3-5-8-11(4-2)12-9-6-7-10-13(12)14;/h3-5,8,12H,1,6-7,9-10H2,2H3;1H4/b8-5-,11-4+;. The van der Waals surface area contributed by atoms with Crippen LogP contribution in [0.15, 0.2) is 36.5 Å². The van der Waals surface area contributed by atoms with Crippen molar-refractivity contribution >= 4 is 5.78 Å². The van der Waals surface area contributed by atoms with Gasteiger partial charge < -0.3 is 0 Å². The normalized spacial score (nSPS) is 22.6. The lowest BCUT2D eigenvalue weighted by molar-refractivity contribution is -0.123. The fourth-order valence-electron chi connectivity index (χ4n) is 1.93. The first-order chi connectivity index (χ1) is 6.79. The maximum absolute atomic E-state index is 11.7. The molecule has 0 aromatic heterocycles. The SMILES string of the molecule is C.C=C/C=C\C(=C/C)C1CCCCC1=O. The van der Waals surface area contributed by atoms with E-state index in [9.17, 15) is 4.79 Å². The van der Waals surface area contributed by atoms with Crippen LogP contribution in [0.25, 0.3) is 0 Å². The number of rotatable bonds is 3. The molecule has 0 aromatic carbocycles. The van der Waals surface area contributed by atoms with Crippen molar-refractivity contribution in [3.63, 3.8) is 0 Å². The molecule has 1 unspecified atom stereocenters. The van der Waals surface area contributed by atoms with Crippen molar-refractivity contribution in [2.24, 2.45) is 5.92 Å². The molecule has 1 atom stereocenters. The van der Waals surface area contributed by atoms with Gasteiger partial charge in [0.05, 0.1) is 0 Å². The first-order valence-corrected chi connectivity index (χ1v) is 5.27. The molecule has 0 aromatic rings. The van der Waals surface area contributed by atoms with Gasteiger partial charge in [0.2, 0.25) is 0 Å². The Labute approximate surface area is 93.6 Å². The molecule has 1 aliphatic carbocycles. The number of ketones is 1. The number of allylic oxidation sites excluding steroid dienone is 5. The molecule has 1 aliphatic rings. The predicted octanol–water partition coefficient (Wildman–Crippen LogP) is 4.07. The van der Waals surface area contributed by atoms with Crippen molar-refractivity contribution in [2.75, 3.05) is 0 Å². The molecule has 0 N–H and O–H groups in total. The zero-order valence-electron chi connectivity index (χ0n) is 8.83. The van der Waals surface area contributed by atoms with Gasteiger partial charge in [-0.1, -0.05) is 44.7 Å². The van der Waals surface area contributed by atoms with Crippen LogP contribution < -0.4 is 0 Å². The Hall–Kier alpha value is -1.11. The number of hydrogen-bond acceptors (Lipinski definition) is 1. The van der Waals surface area contributed by atoms with E-state index in [1.54, 1.807) is 6.08 Å². The quantitative estimate of drug-likeness (QED) is 0.636. The smallest absolute Gasteiger partial charge is 0.140 e. The third kappa shape index (κ3) is 3.86. The van der Waals surface area contributed by atoms with Crippen molar-refractivity contribution < 1.29 is 4.79 Å². The molecule has 1 heteroatoms. The Balaban J connectivity index is 0.00000196. The maximum atomic E-state index is 11.7. The van der Waals surface area contributed by atoms with Crippen LogP contribution in [-0.2, 0) is 4.79 Å². The summed E-state index contributed by atoms with van der Waals surface area (Å²) < 4.78 is 0. The zero-order chi connectivity index (χ0) is 10.4. The Morgan fingerprint density at radius 2 is 2.20 bits per heavy atom. The van der Waals surface area contributed by atoms with E-state index < -0.39 is 0 Å². The van der Waals surface area contributed by atoms with Gasteiger partial charge in [-0.3, -0.25) is 4.79 Å². The average Bonchev–Trinajstić information content (AvgIpc) is 2.21. The van der Waals surface area contributed by atoms with Crippen molar-refractivity contribution in [3.8, 4) is 0 Å². The molecule has 1 rings (SSSR count). The van der Waals surface area contributed by atoms with Crippen LogP contribution in [0.5, 0.6) is 0 Å². The van der Waals surface area contributed by atoms with Gasteiger partial charge in [-0.15, -0.1) is 0 Å². The van der Waals surface area contributed by atoms with Gasteiger partial charge in [0.15, 0.2) is 0 Å².